The van der Waals surface area contributed by atoms with Crippen LogP contribution in [0, 0.1) is 0 Å². The van der Waals surface area contributed by atoms with Gasteiger partial charge in [-0.25, -0.2) is 5.48 Å². The number of nitrogens with one attached hydrogen (secondary N) is 1. The highest BCUT2D eigenvalue weighted by Gasteiger charge is 2.28. The molecule has 0 unspecified atom stereocenters. The molecule has 0 aliphatic carbocycles. The lowest BCUT2D eigenvalue weighted by atomic mass is 10.2. The maximum atomic E-state index is 11.8. The van der Waals surface area contributed by atoms with Crippen molar-refractivity contribution in [3.8, 4) is 0 Å². The summed E-state index contributed by atoms with van der Waals surface area (Å²) in [6.45, 7) is -1.52. The van der Waals surface area contributed by atoms with Gasteiger partial charge in [0, 0.05) is 25.9 Å². The second kappa shape index (κ2) is 6.95. The summed E-state index contributed by atoms with van der Waals surface area (Å²) < 4.78 is 35.3. The second-order valence-corrected chi connectivity index (χ2v) is 4.19. The van der Waals surface area contributed by atoms with Crippen molar-refractivity contribution in [1.29, 1.82) is 0 Å². The van der Waals surface area contributed by atoms with E-state index in [0.717, 1.165) is 17.3 Å². The van der Waals surface area contributed by atoms with Crippen LogP contribution in [0.3, 0.4) is 0 Å². The molecule has 1 N–H and O–H groups in total. The van der Waals surface area contributed by atoms with Gasteiger partial charge >= 0.3 is 6.18 Å². The smallest absolute Gasteiger partial charge is 0.378 e. The zero-order valence-corrected chi connectivity index (χ0v) is 11.1. The summed E-state index contributed by atoms with van der Waals surface area (Å²) in [5.74, 6) is -0.758. The molecule has 110 valence electrons. The maximum absolute atomic E-state index is 11.8. The molecule has 7 heteroatoms. The number of rotatable bonds is 5. The molecular formula is C13H15F3N2O2. The number of benzene rings is 1. The molecule has 1 rings (SSSR count). The minimum atomic E-state index is -4.47. The third kappa shape index (κ3) is 6.24. The number of alkyl halides is 3. The Kier molecular flexibility index (Phi) is 5.57. The molecule has 0 heterocycles. The van der Waals surface area contributed by atoms with Crippen LogP contribution < -0.4 is 10.4 Å². The quantitative estimate of drug-likeness (QED) is 0.668. The Labute approximate surface area is 114 Å². The number of amides is 1. The van der Waals surface area contributed by atoms with Crippen LogP contribution in [0.15, 0.2) is 30.3 Å². The summed E-state index contributed by atoms with van der Waals surface area (Å²) in [6.07, 6.45) is -1.90. The van der Waals surface area contributed by atoms with E-state index in [1.54, 1.807) is 17.6 Å². The molecule has 0 spiro atoms. The molecule has 0 bridgehead atoms. The van der Waals surface area contributed by atoms with Crippen molar-refractivity contribution in [3.05, 3.63) is 35.9 Å². The average molecular weight is 288 g/mol. The minimum absolute atomic E-state index is 0.751. The summed E-state index contributed by atoms with van der Waals surface area (Å²) in [5.41, 5.74) is 3.44. The van der Waals surface area contributed by atoms with E-state index in [4.69, 9.17) is 0 Å². The highest BCUT2D eigenvalue weighted by Crippen LogP contribution is 2.14. The Morgan fingerprint density at radius 2 is 1.90 bits per heavy atom. The number of hydrogen-bond donors (Lipinski definition) is 1. The molecule has 0 saturated carbocycles. The van der Waals surface area contributed by atoms with Crippen molar-refractivity contribution in [2.75, 3.05) is 25.6 Å². The lowest BCUT2D eigenvalue weighted by Crippen LogP contribution is -2.28. The number of hydroxylamine groups is 1. The molecule has 0 aliphatic rings. The van der Waals surface area contributed by atoms with E-state index in [0.29, 0.717) is 0 Å². The number of nitrogens with zero attached hydrogens (tertiary/aromatic N) is 1. The second-order valence-electron chi connectivity index (χ2n) is 4.19. The van der Waals surface area contributed by atoms with E-state index >= 15 is 0 Å². The van der Waals surface area contributed by atoms with E-state index < -0.39 is 18.7 Å². The van der Waals surface area contributed by atoms with Gasteiger partial charge in [0.2, 0.25) is 0 Å². The van der Waals surface area contributed by atoms with Gasteiger partial charge in [-0.2, -0.15) is 13.2 Å². The van der Waals surface area contributed by atoms with Crippen molar-refractivity contribution in [1.82, 2.24) is 5.48 Å². The predicted octanol–water partition coefficient (Wildman–Crippen LogP) is 2.38. The van der Waals surface area contributed by atoms with Crippen molar-refractivity contribution in [2.24, 2.45) is 0 Å². The predicted molar refractivity (Wildman–Crippen MR) is 70.0 cm³/mol. The van der Waals surface area contributed by atoms with Crippen LogP contribution in [0.2, 0.25) is 0 Å². The monoisotopic (exact) mass is 288 g/mol. The zero-order chi connectivity index (χ0) is 15.2. The first-order chi connectivity index (χ1) is 9.28. The van der Waals surface area contributed by atoms with E-state index in [9.17, 15) is 18.0 Å². The molecule has 20 heavy (non-hydrogen) atoms. The van der Waals surface area contributed by atoms with Crippen LogP contribution in [-0.4, -0.2) is 32.8 Å². The fraction of sp³-hybridized carbons (Fsp3) is 0.308. The van der Waals surface area contributed by atoms with Crippen LogP contribution in [-0.2, 0) is 9.63 Å². The average Bonchev–Trinajstić information content (AvgIpc) is 2.35. The molecule has 0 fully saturated rings. The summed E-state index contributed by atoms with van der Waals surface area (Å²) >= 11 is 0. The first-order valence-electron chi connectivity index (χ1n) is 5.72. The Morgan fingerprint density at radius 1 is 1.30 bits per heavy atom. The summed E-state index contributed by atoms with van der Waals surface area (Å²) in [7, 11) is 3.80. The Balaban J connectivity index is 2.45. The van der Waals surface area contributed by atoms with Gasteiger partial charge in [0.05, 0.1) is 0 Å². The van der Waals surface area contributed by atoms with Crippen molar-refractivity contribution in [2.45, 2.75) is 6.18 Å². The van der Waals surface area contributed by atoms with E-state index in [2.05, 4.69) is 4.84 Å². The Hall–Kier alpha value is -2.02. The fourth-order valence-electron chi connectivity index (χ4n) is 1.28. The summed E-state index contributed by atoms with van der Waals surface area (Å²) in [5, 5.41) is 0. The third-order valence-corrected chi connectivity index (χ3v) is 2.25. The molecule has 0 aromatic heterocycles. The first kappa shape index (κ1) is 16.0. The molecule has 1 aromatic rings. The standard InChI is InChI=1S/C13H15F3N2O2/c1-18(2)11-6-3-10(4-7-11)5-8-12(19)17-20-9-13(14,15)16/h3-8H,9H2,1-2H3,(H,17,19)/b8-5+. The highest BCUT2D eigenvalue weighted by molar-refractivity contribution is 5.90. The molecule has 0 saturated heterocycles. The number of carbonyl (C=O) groups is 1. The molecule has 4 nitrogen and oxygen atoms in total. The number of anilines is 1. The fourth-order valence-corrected chi connectivity index (χ4v) is 1.28. The van der Waals surface area contributed by atoms with Gasteiger partial charge < -0.3 is 4.90 Å². The normalized spacial score (nSPS) is 11.7. The Bertz CT molecular complexity index is 467. The van der Waals surface area contributed by atoms with Gasteiger partial charge in [-0.3, -0.25) is 9.63 Å². The molecule has 0 radical (unpaired) electrons. The third-order valence-electron chi connectivity index (χ3n) is 2.25. The molecule has 0 atom stereocenters. The van der Waals surface area contributed by atoms with E-state index in [1.165, 1.54) is 6.08 Å². The molecular weight excluding hydrogens is 273 g/mol. The largest absolute Gasteiger partial charge is 0.414 e. The van der Waals surface area contributed by atoms with Crippen LogP contribution >= 0.6 is 0 Å². The number of halogens is 3. The molecule has 0 aliphatic heterocycles. The minimum Gasteiger partial charge on any atom is -0.378 e. The Morgan fingerprint density at radius 3 is 2.40 bits per heavy atom. The zero-order valence-electron chi connectivity index (χ0n) is 11.1. The number of hydrogen-bond acceptors (Lipinski definition) is 3. The van der Waals surface area contributed by atoms with Crippen LogP contribution in [0.25, 0.3) is 6.08 Å². The van der Waals surface area contributed by atoms with Crippen LogP contribution in [0.1, 0.15) is 5.56 Å². The van der Waals surface area contributed by atoms with Crippen molar-refractivity contribution >= 4 is 17.7 Å². The van der Waals surface area contributed by atoms with Gasteiger partial charge in [0.1, 0.15) is 0 Å². The van der Waals surface area contributed by atoms with Gasteiger partial charge in [0.25, 0.3) is 5.91 Å². The highest BCUT2D eigenvalue weighted by atomic mass is 19.4. The first-order valence-corrected chi connectivity index (χ1v) is 5.72. The van der Waals surface area contributed by atoms with Gasteiger partial charge in [-0.05, 0) is 23.8 Å². The number of carbonyl (C=O) groups excluding carboxylic acids is 1. The summed E-state index contributed by atoms with van der Waals surface area (Å²) in [6, 6.07) is 7.29. The van der Waals surface area contributed by atoms with Crippen LogP contribution in [0.4, 0.5) is 18.9 Å². The van der Waals surface area contributed by atoms with E-state index in [-0.39, 0.29) is 0 Å². The lowest BCUT2D eigenvalue weighted by molar-refractivity contribution is -0.190. The molecule has 1 amide bonds. The lowest BCUT2D eigenvalue weighted by Gasteiger charge is -2.11. The summed E-state index contributed by atoms with van der Waals surface area (Å²) in [4.78, 5) is 17.1. The van der Waals surface area contributed by atoms with Crippen molar-refractivity contribution in [3.63, 3.8) is 0 Å². The topological polar surface area (TPSA) is 41.6 Å². The molecule has 1 aromatic carbocycles. The van der Waals surface area contributed by atoms with Crippen molar-refractivity contribution < 1.29 is 22.8 Å². The van der Waals surface area contributed by atoms with Gasteiger partial charge in [0.15, 0.2) is 6.61 Å². The maximum Gasteiger partial charge on any atom is 0.414 e. The van der Waals surface area contributed by atoms with Gasteiger partial charge in [-0.1, -0.05) is 12.1 Å². The van der Waals surface area contributed by atoms with E-state index in [1.807, 2.05) is 31.1 Å². The van der Waals surface area contributed by atoms with Crippen LogP contribution in [0.5, 0.6) is 0 Å². The van der Waals surface area contributed by atoms with Gasteiger partial charge in [-0.15, -0.1) is 0 Å². The SMILES string of the molecule is CN(C)c1ccc(/C=C/C(=O)NOCC(F)(F)F)cc1.